The van der Waals surface area contributed by atoms with Gasteiger partial charge in [0.05, 0.1) is 0 Å². The van der Waals surface area contributed by atoms with Crippen LogP contribution in [0.2, 0.25) is 0 Å². The van der Waals surface area contributed by atoms with E-state index in [0.717, 1.165) is 22.0 Å². The number of rotatable bonds is 4. The zero-order valence-corrected chi connectivity index (χ0v) is 20.1. The molecule has 0 aliphatic carbocycles. The van der Waals surface area contributed by atoms with E-state index in [9.17, 15) is 0 Å². The first-order chi connectivity index (χ1) is 18.3. The Hall–Kier alpha value is -4.95. The molecule has 0 aliphatic heterocycles. The number of hydrogen-bond donors (Lipinski definition) is 0. The first-order valence-electron chi connectivity index (χ1n) is 12.5. The Labute approximate surface area is 215 Å². The second-order valence-corrected chi connectivity index (χ2v) is 9.21. The second kappa shape index (κ2) is 8.92. The van der Waals surface area contributed by atoms with Crippen molar-refractivity contribution < 1.29 is 4.42 Å². The molecule has 0 bridgehead atoms. The first-order valence-corrected chi connectivity index (χ1v) is 12.5. The van der Waals surface area contributed by atoms with Crippen LogP contribution < -0.4 is 0 Å². The molecule has 0 aliphatic rings. The summed E-state index contributed by atoms with van der Waals surface area (Å²) in [6.07, 6.45) is 0. The summed E-state index contributed by atoms with van der Waals surface area (Å²) in [5, 5.41) is 2.31. The monoisotopic (exact) mass is 473 g/mol. The van der Waals surface area contributed by atoms with Crippen molar-refractivity contribution >= 4 is 21.9 Å². The molecule has 0 atom stereocenters. The molecule has 2 heteroatoms. The molecule has 1 heterocycles. The van der Waals surface area contributed by atoms with Gasteiger partial charge >= 0.3 is 0 Å². The highest BCUT2D eigenvalue weighted by Crippen LogP contribution is 2.37. The molecule has 2 nitrogen and oxygen atoms in total. The normalized spacial score (nSPS) is 11.2. The number of fused-ring (bicyclic) bond motifs is 2. The molecule has 0 radical (unpaired) electrons. The molecular formula is C35H23NO. The van der Waals surface area contributed by atoms with Gasteiger partial charge in [0.15, 0.2) is 5.58 Å². The highest BCUT2D eigenvalue weighted by atomic mass is 16.3. The van der Waals surface area contributed by atoms with Crippen molar-refractivity contribution in [3.63, 3.8) is 0 Å². The lowest BCUT2D eigenvalue weighted by Gasteiger charge is -2.11. The lowest BCUT2D eigenvalue weighted by Crippen LogP contribution is -1.87. The van der Waals surface area contributed by atoms with Gasteiger partial charge in [-0.3, -0.25) is 0 Å². The van der Waals surface area contributed by atoms with Gasteiger partial charge < -0.3 is 4.42 Å². The largest absolute Gasteiger partial charge is 0.436 e. The van der Waals surface area contributed by atoms with Crippen LogP contribution in [0.4, 0.5) is 0 Å². The minimum absolute atomic E-state index is 0.651. The van der Waals surface area contributed by atoms with Crippen LogP contribution in [0.3, 0.4) is 0 Å². The van der Waals surface area contributed by atoms with Crippen LogP contribution in [-0.4, -0.2) is 4.98 Å². The van der Waals surface area contributed by atoms with Crippen LogP contribution in [0.5, 0.6) is 0 Å². The van der Waals surface area contributed by atoms with E-state index in [-0.39, 0.29) is 0 Å². The Balaban J connectivity index is 1.24. The Morgan fingerprint density at radius 2 is 0.865 bits per heavy atom. The zero-order chi connectivity index (χ0) is 24.6. The minimum atomic E-state index is 0.651. The Morgan fingerprint density at radius 1 is 0.378 bits per heavy atom. The van der Waals surface area contributed by atoms with Gasteiger partial charge in [0.25, 0.3) is 0 Å². The Morgan fingerprint density at radius 3 is 1.51 bits per heavy atom. The lowest BCUT2D eigenvalue weighted by atomic mass is 9.93. The smallest absolute Gasteiger partial charge is 0.227 e. The molecule has 37 heavy (non-hydrogen) atoms. The Kier molecular flexibility index (Phi) is 5.15. The van der Waals surface area contributed by atoms with Crippen LogP contribution in [0.25, 0.3) is 66.7 Å². The van der Waals surface area contributed by atoms with E-state index in [1.165, 1.54) is 38.8 Å². The third-order valence-corrected chi connectivity index (χ3v) is 6.97. The summed E-state index contributed by atoms with van der Waals surface area (Å²) in [6.45, 7) is 0. The molecule has 0 N–H and O–H groups in total. The van der Waals surface area contributed by atoms with Crippen molar-refractivity contribution in [2.24, 2.45) is 0 Å². The highest BCUT2D eigenvalue weighted by Gasteiger charge is 2.14. The number of nitrogens with zero attached hydrogens (tertiary/aromatic N) is 1. The van der Waals surface area contributed by atoms with Gasteiger partial charge in [0.2, 0.25) is 5.89 Å². The summed E-state index contributed by atoms with van der Waals surface area (Å²) in [7, 11) is 0. The van der Waals surface area contributed by atoms with E-state index < -0.39 is 0 Å². The van der Waals surface area contributed by atoms with Crippen molar-refractivity contribution in [3.05, 3.63) is 140 Å². The molecule has 0 saturated heterocycles. The maximum absolute atomic E-state index is 6.10. The van der Waals surface area contributed by atoms with Crippen molar-refractivity contribution in [1.29, 1.82) is 0 Å². The lowest BCUT2D eigenvalue weighted by molar-refractivity contribution is 0.620. The minimum Gasteiger partial charge on any atom is -0.436 e. The average Bonchev–Trinajstić information content (AvgIpc) is 3.41. The topological polar surface area (TPSA) is 26.0 Å². The van der Waals surface area contributed by atoms with E-state index in [1.54, 1.807) is 0 Å². The maximum atomic E-state index is 6.10. The summed E-state index contributed by atoms with van der Waals surface area (Å²) in [4.78, 5) is 4.74. The van der Waals surface area contributed by atoms with Gasteiger partial charge in [0, 0.05) is 5.56 Å². The van der Waals surface area contributed by atoms with Crippen LogP contribution in [0.15, 0.2) is 144 Å². The van der Waals surface area contributed by atoms with Crippen LogP contribution in [-0.2, 0) is 0 Å². The quantitative estimate of drug-likeness (QED) is 0.254. The molecule has 0 unspecified atom stereocenters. The number of aromatic nitrogens is 1. The van der Waals surface area contributed by atoms with Gasteiger partial charge in [-0.15, -0.1) is 0 Å². The maximum Gasteiger partial charge on any atom is 0.227 e. The molecule has 7 aromatic rings. The molecule has 0 fully saturated rings. The molecule has 0 saturated carbocycles. The SMILES string of the molecule is c1ccc(-c2ccc(-c3ccc(-c4ccc(-c5nc6ccccc6o5)c5ccccc45)cc3)cc2)cc1. The number of oxazole rings is 1. The molecule has 1 aromatic heterocycles. The molecule has 6 aromatic carbocycles. The van der Waals surface area contributed by atoms with Crippen LogP contribution in [0.1, 0.15) is 0 Å². The summed E-state index contributed by atoms with van der Waals surface area (Å²) in [5.74, 6) is 0.651. The Bertz CT molecular complexity index is 1810. The fraction of sp³-hybridized carbons (Fsp3) is 0. The predicted molar refractivity (Wildman–Crippen MR) is 153 cm³/mol. The van der Waals surface area contributed by atoms with Crippen molar-refractivity contribution in [2.45, 2.75) is 0 Å². The van der Waals surface area contributed by atoms with E-state index in [0.29, 0.717) is 5.89 Å². The standard InChI is InChI=1S/C35H23NO/c1-2-8-24(9-3-1)25-14-16-26(17-15-25)27-18-20-28(21-19-27)29-22-23-32(31-11-5-4-10-30(29)31)35-36-33-12-6-7-13-34(33)37-35/h1-23H. The number of hydrogen-bond acceptors (Lipinski definition) is 2. The number of para-hydroxylation sites is 2. The van der Waals surface area contributed by atoms with Gasteiger partial charge in [-0.1, -0.05) is 121 Å². The van der Waals surface area contributed by atoms with E-state index in [4.69, 9.17) is 9.40 Å². The van der Waals surface area contributed by atoms with E-state index in [2.05, 4.69) is 109 Å². The van der Waals surface area contributed by atoms with Gasteiger partial charge in [-0.25, -0.2) is 4.98 Å². The van der Waals surface area contributed by atoms with Crippen LogP contribution in [0, 0.1) is 0 Å². The molecule has 0 amide bonds. The van der Waals surface area contributed by atoms with Crippen LogP contribution >= 0.6 is 0 Å². The van der Waals surface area contributed by atoms with Gasteiger partial charge in [-0.2, -0.15) is 0 Å². The first kappa shape index (κ1) is 21.3. The highest BCUT2D eigenvalue weighted by molar-refractivity contribution is 6.04. The summed E-state index contributed by atoms with van der Waals surface area (Å²) in [6, 6.07) is 48.8. The zero-order valence-electron chi connectivity index (χ0n) is 20.1. The molecular weight excluding hydrogens is 450 g/mol. The predicted octanol–water partition coefficient (Wildman–Crippen LogP) is 9.65. The summed E-state index contributed by atoms with van der Waals surface area (Å²) >= 11 is 0. The van der Waals surface area contributed by atoms with Crippen molar-refractivity contribution in [1.82, 2.24) is 4.98 Å². The molecule has 7 rings (SSSR count). The van der Waals surface area contributed by atoms with Crippen molar-refractivity contribution in [3.8, 4) is 44.8 Å². The fourth-order valence-corrected chi connectivity index (χ4v) is 5.05. The average molecular weight is 474 g/mol. The van der Waals surface area contributed by atoms with Crippen molar-refractivity contribution in [2.75, 3.05) is 0 Å². The molecule has 174 valence electrons. The van der Waals surface area contributed by atoms with E-state index >= 15 is 0 Å². The second-order valence-electron chi connectivity index (χ2n) is 9.21. The van der Waals surface area contributed by atoms with Gasteiger partial charge in [0.1, 0.15) is 5.52 Å². The number of benzene rings is 6. The fourth-order valence-electron chi connectivity index (χ4n) is 5.05. The third-order valence-electron chi connectivity index (χ3n) is 6.97. The van der Waals surface area contributed by atoms with E-state index in [1.807, 2.05) is 30.3 Å². The summed E-state index contributed by atoms with van der Waals surface area (Å²) < 4.78 is 6.10. The third kappa shape index (κ3) is 3.89. The molecule has 0 spiro atoms. The van der Waals surface area contributed by atoms with Gasteiger partial charge in [-0.05, 0) is 62.4 Å². The summed E-state index contributed by atoms with van der Waals surface area (Å²) in [5.41, 5.74) is 9.94.